The predicted molar refractivity (Wildman–Crippen MR) is 76.6 cm³/mol. The van der Waals surface area contributed by atoms with Crippen LogP contribution in [0.15, 0.2) is 12.1 Å². The van der Waals surface area contributed by atoms with Gasteiger partial charge in [-0.15, -0.1) is 12.4 Å². The van der Waals surface area contributed by atoms with Crippen LogP contribution in [0.2, 0.25) is 15.1 Å². The molecule has 0 saturated heterocycles. The van der Waals surface area contributed by atoms with E-state index in [9.17, 15) is 5.11 Å². The first-order chi connectivity index (χ1) is 7.47. The van der Waals surface area contributed by atoms with Crippen LogP contribution in [0.5, 0.6) is 0 Å². The fraction of sp³-hybridized carbons (Fsp3) is 0.455. The van der Waals surface area contributed by atoms with Crippen molar-refractivity contribution in [2.75, 3.05) is 0 Å². The summed E-state index contributed by atoms with van der Waals surface area (Å²) in [5.74, 6) is 0. The van der Waals surface area contributed by atoms with Crippen molar-refractivity contribution in [3.8, 4) is 0 Å². The summed E-state index contributed by atoms with van der Waals surface area (Å²) in [4.78, 5) is 0. The zero-order valence-electron chi connectivity index (χ0n) is 9.29. The third kappa shape index (κ3) is 4.47. The fourth-order valence-electron chi connectivity index (χ4n) is 1.50. The van der Waals surface area contributed by atoms with Crippen LogP contribution in [0.25, 0.3) is 0 Å². The van der Waals surface area contributed by atoms with Crippen LogP contribution < -0.4 is 5.73 Å². The Balaban J connectivity index is 0.00000256. The van der Waals surface area contributed by atoms with Gasteiger partial charge in [-0.05, 0) is 24.1 Å². The summed E-state index contributed by atoms with van der Waals surface area (Å²) < 4.78 is 0. The fourth-order valence-corrected chi connectivity index (χ4v) is 2.25. The second-order valence-corrected chi connectivity index (χ2v) is 4.89. The van der Waals surface area contributed by atoms with Crippen LogP contribution in [0.4, 0.5) is 0 Å². The highest BCUT2D eigenvalue weighted by Gasteiger charge is 2.20. The normalized spacial score (nSPS) is 14.0. The molecule has 0 aliphatic carbocycles. The van der Waals surface area contributed by atoms with Crippen LogP contribution in [0.1, 0.15) is 31.4 Å². The van der Waals surface area contributed by atoms with Crippen LogP contribution in [0.3, 0.4) is 0 Å². The molecule has 0 spiro atoms. The van der Waals surface area contributed by atoms with Gasteiger partial charge < -0.3 is 10.8 Å². The van der Waals surface area contributed by atoms with Crippen molar-refractivity contribution in [3.63, 3.8) is 0 Å². The van der Waals surface area contributed by atoms with Gasteiger partial charge in [0.15, 0.2) is 0 Å². The molecule has 0 saturated carbocycles. The molecule has 6 heteroatoms. The molecule has 3 N–H and O–H groups in total. The topological polar surface area (TPSA) is 46.2 Å². The number of aliphatic hydroxyl groups is 1. The van der Waals surface area contributed by atoms with E-state index in [2.05, 4.69) is 0 Å². The highest BCUT2D eigenvalue weighted by Crippen LogP contribution is 2.34. The van der Waals surface area contributed by atoms with Gasteiger partial charge >= 0.3 is 0 Å². The minimum Gasteiger partial charge on any atom is -0.391 e. The maximum absolute atomic E-state index is 9.81. The summed E-state index contributed by atoms with van der Waals surface area (Å²) in [7, 11) is 0. The molecule has 0 aliphatic rings. The summed E-state index contributed by atoms with van der Waals surface area (Å²) in [5.41, 5.74) is 6.49. The minimum absolute atomic E-state index is 0. The predicted octanol–water partition coefficient (Wildman–Crippen LogP) is 4.23. The van der Waals surface area contributed by atoms with E-state index in [-0.39, 0.29) is 12.4 Å². The van der Waals surface area contributed by atoms with Crippen molar-refractivity contribution in [2.24, 2.45) is 5.73 Å². The summed E-state index contributed by atoms with van der Waals surface area (Å²) in [6, 6.07) is 2.62. The van der Waals surface area contributed by atoms with Gasteiger partial charge in [0, 0.05) is 5.02 Å². The van der Waals surface area contributed by atoms with Gasteiger partial charge in [-0.2, -0.15) is 0 Å². The number of rotatable bonds is 4. The van der Waals surface area contributed by atoms with Crippen molar-refractivity contribution in [3.05, 3.63) is 32.8 Å². The lowest BCUT2D eigenvalue weighted by molar-refractivity contribution is 0.134. The number of hydrogen-bond donors (Lipinski definition) is 2. The molecule has 1 aromatic carbocycles. The first-order valence-electron chi connectivity index (χ1n) is 5.05. The molecular formula is C11H15Cl4NO. The first kappa shape index (κ1) is 17.3. The third-order valence-corrected chi connectivity index (χ3v) is 3.41. The zero-order chi connectivity index (χ0) is 12.3. The molecule has 1 aromatic rings. The van der Waals surface area contributed by atoms with Crippen LogP contribution in [-0.4, -0.2) is 11.2 Å². The summed E-state index contributed by atoms with van der Waals surface area (Å²) in [5, 5.41) is 11.0. The van der Waals surface area contributed by atoms with Crippen LogP contribution in [0, 0.1) is 0 Å². The number of hydrogen-bond acceptors (Lipinski definition) is 2. The van der Waals surface area contributed by atoms with Crippen molar-refractivity contribution in [2.45, 2.75) is 31.9 Å². The molecule has 17 heavy (non-hydrogen) atoms. The zero-order valence-corrected chi connectivity index (χ0v) is 12.4. The van der Waals surface area contributed by atoms with Gasteiger partial charge in [-0.1, -0.05) is 48.1 Å². The maximum Gasteiger partial charge on any atom is 0.0733 e. The van der Waals surface area contributed by atoms with E-state index in [0.717, 1.165) is 6.42 Å². The van der Waals surface area contributed by atoms with Gasteiger partial charge in [0.2, 0.25) is 0 Å². The maximum atomic E-state index is 9.81. The van der Waals surface area contributed by atoms with E-state index in [4.69, 9.17) is 40.5 Å². The molecule has 0 aromatic heterocycles. The van der Waals surface area contributed by atoms with E-state index in [1.54, 1.807) is 12.1 Å². The molecule has 0 aliphatic heterocycles. The molecule has 98 valence electrons. The Morgan fingerprint density at radius 3 is 2.41 bits per heavy atom. The molecular weight excluding hydrogens is 304 g/mol. The van der Waals surface area contributed by atoms with Crippen molar-refractivity contribution >= 4 is 47.2 Å². The van der Waals surface area contributed by atoms with Gasteiger partial charge in [-0.25, -0.2) is 0 Å². The van der Waals surface area contributed by atoms with Crippen LogP contribution in [-0.2, 0) is 0 Å². The van der Waals surface area contributed by atoms with E-state index >= 15 is 0 Å². The van der Waals surface area contributed by atoms with E-state index < -0.39 is 12.1 Å². The Morgan fingerprint density at radius 1 is 1.29 bits per heavy atom. The molecule has 0 heterocycles. The van der Waals surface area contributed by atoms with Gasteiger partial charge in [0.1, 0.15) is 0 Å². The Morgan fingerprint density at radius 2 is 1.88 bits per heavy atom. The lowest BCUT2D eigenvalue weighted by Crippen LogP contribution is -2.26. The Bertz CT molecular complexity index is 373. The number of nitrogens with two attached hydrogens (primary N) is 1. The SMILES string of the molecule is CCC[C@@H](O)[C@@H](N)c1cc(Cl)cc(Cl)c1Cl.Cl. The molecule has 0 fully saturated rings. The molecule has 2 atom stereocenters. The van der Waals surface area contributed by atoms with Gasteiger partial charge in [-0.3, -0.25) is 0 Å². The minimum atomic E-state index is -0.642. The summed E-state index contributed by atoms with van der Waals surface area (Å²) >= 11 is 17.8. The average molecular weight is 319 g/mol. The first-order valence-corrected chi connectivity index (χ1v) is 6.18. The second kappa shape index (κ2) is 7.67. The highest BCUT2D eigenvalue weighted by atomic mass is 35.5. The monoisotopic (exact) mass is 317 g/mol. The number of aliphatic hydroxyl groups excluding tert-OH is 1. The standard InChI is InChI=1S/C11H14Cl3NO.ClH/c1-2-3-9(16)11(15)7-4-6(12)5-8(13)10(7)14;/h4-5,9,11,16H,2-3,15H2,1H3;1H/t9-,11+;/m1./s1. The lowest BCUT2D eigenvalue weighted by atomic mass is 9.99. The smallest absolute Gasteiger partial charge is 0.0733 e. The molecule has 0 bridgehead atoms. The molecule has 0 amide bonds. The molecule has 1 rings (SSSR count). The Labute approximate surface area is 122 Å². The number of halogens is 4. The number of benzene rings is 1. The average Bonchev–Trinajstić information content (AvgIpc) is 2.22. The van der Waals surface area contributed by atoms with Crippen molar-refractivity contribution < 1.29 is 5.11 Å². The molecule has 0 radical (unpaired) electrons. The lowest BCUT2D eigenvalue weighted by Gasteiger charge is -2.20. The summed E-state index contributed by atoms with van der Waals surface area (Å²) in [6.07, 6.45) is 0.819. The van der Waals surface area contributed by atoms with Crippen LogP contribution >= 0.6 is 47.2 Å². The Hall–Kier alpha value is 0.300. The largest absolute Gasteiger partial charge is 0.391 e. The third-order valence-electron chi connectivity index (χ3n) is 2.38. The van der Waals surface area contributed by atoms with E-state index in [1.165, 1.54) is 0 Å². The molecule has 2 nitrogen and oxygen atoms in total. The van der Waals surface area contributed by atoms with Crippen molar-refractivity contribution in [1.29, 1.82) is 0 Å². The van der Waals surface area contributed by atoms with Gasteiger partial charge in [0.25, 0.3) is 0 Å². The second-order valence-electron chi connectivity index (χ2n) is 3.67. The van der Waals surface area contributed by atoms with E-state index in [0.29, 0.717) is 27.1 Å². The summed E-state index contributed by atoms with van der Waals surface area (Å²) in [6.45, 7) is 1.97. The van der Waals surface area contributed by atoms with Crippen molar-refractivity contribution in [1.82, 2.24) is 0 Å². The quantitative estimate of drug-likeness (QED) is 0.816. The highest BCUT2D eigenvalue weighted by molar-refractivity contribution is 6.43. The van der Waals surface area contributed by atoms with E-state index in [1.807, 2.05) is 6.92 Å². The Kier molecular flexibility index (Phi) is 7.81. The molecule has 0 unspecified atom stereocenters. The van der Waals surface area contributed by atoms with Gasteiger partial charge in [0.05, 0.1) is 22.2 Å².